The maximum Gasteiger partial charge on any atom is 0.356 e. The van der Waals surface area contributed by atoms with Crippen LogP contribution in [0.25, 0.3) is 22.0 Å². The Balaban J connectivity index is 2.26. The highest BCUT2D eigenvalue weighted by molar-refractivity contribution is 5.97. The lowest BCUT2D eigenvalue weighted by Crippen LogP contribution is -2.06. The van der Waals surface area contributed by atoms with E-state index in [1.807, 2.05) is 24.3 Å². The van der Waals surface area contributed by atoms with E-state index in [4.69, 9.17) is 10.8 Å². The predicted molar refractivity (Wildman–Crippen MR) is 76.3 cm³/mol. The number of aromatic nitrogens is 2. The quantitative estimate of drug-likeness (QED) is 0.743. The highest BCUT2D eigenvalue weighted by atomic mass is 16.4. The summed E-state index contributed by atoms with van der Waals surface area (Å²) in [5.41, 5.74) is 6.95. The van der Waals surface area contributed by atoms with Gasteiger partial charge >= 0.3 is 5.97 Å². The summed E-state index contributed by atoms with van der Waals surface area (Å²) in [6.45, 7) is 0. The van der Waals surface area contributed by atoms with Gasteiger partial charge in [0.05, 0.1) is 11.4 Å². The van der Waals surface area contributed by atoms with Crippen LogP contribution in [-0.2, 0) is 0 Å². The zero-order chi connectivity index (χ0) is 14.1. The summed E-state index contributed by atoms with van der Waals surface area (Å²) in [7, 11) is 0. The van der Waals surface area contributed by atoms with Crippen LogP contribution >= 0.6 is 0 Å². The van der Waals surface area contributed by atoms with E-state index >= 15 is 0 Å². The predicted octanol–water partition coefficient (Wildman–Crippen LogP) is 2.58. The molecule has 3 rings (SSSR count). The fraction of sp³-hybridized carbons (Fsp3) is 0. The van der Waals surface area contributed by atoms with E-state index in [9.17, 15) is 4.79 Å². The highest BCUT2D eigenvalue weighted by Gasteiger charge is 2.13. The number of nitrogens with zero attached hydrogens (tertiary/aromatic N) is 2. The number of pyridine rings is 2. The fourth-order valence-electron chi connectivity index (χ4n) is 2.11. The van der Waals surface area contributed by atoms with E-state index in [1.54, 1.807) is 24.5 Å². The van der Waals surface area contributed by atoms with Crippen molar-refractivity contribution in [3.05, 3.63) is 54.5 Å². The Morgan fingerprint density at radius 2 is 1.90 bits per heavy atom. The molecule has 3 N–H and O–H groups in total. The molecule has 0 aliphatic heterocycles. The molecule has 5 heteroatoms. The fourth-order valence-corrected chi connectivity index (χ4v) is 2.11. The molecule has 0 fully saturated rings. The molecular formula is C15H11N3O2. The van der Waals surface area contributed by atoms with Crippen LogP contribution in [0.1, 0.15) is 10.5 Å². The van der Waals surface area contributed by atoms with Crippen LogP contribution in [0.3, 0.4) is 0 Å². The van der Waals surface area contributed by atoms with Crippen molar-refractivity contribution in [3.8, 4) is 11.3 Å². The topological polar surface area (TPSA) is 89.1 Å². The number of hydrogen-bond donors (Lipinski definition) is 2. The Labute approximate surface area is 114 Å². The zero-order valence-electron chi connectivity index (χ0n) is 10.4. The second kappa shape index (κ2) is 4.62. The molecule has 0 amide bonds. The van der Waals surface area contributed by atoms with Crippen LogP contribution in [0.2, 0.25) is 0 Å². The van der Waals surface area contributed by atoms with Gasteiger partial charge in [0.2, 0.25) is 0 Å². The Bertz CT molecular complexity index is 810. The standard InChI is InChI=1S/C15H11N3O2/c16-12-5-6-13(18-14(12)15(19)20)11-8-17-7-9-3-1-2-4-10(9)11/h1-8H,16H2,(H,19,20). The molecule has 0 saturated heterocycles. The number of rotatable bonds is 2. The number of fused-ring (bicyclic) bond motifs is 1. The number of nitrogen functional groups attached to an aromatic ring is 1. The van der Waals surface area contributed by atoms with Crippen molar-refractivity contribution in [3.63, 3.8) is 0 Å². The Morgan fingerprint density at radius 1 is 1.10 bits per heavy atom. The molecule has 2 aromatic heterocycles. The summed E-state index contributed by atoms with van der Waals surface area (Å²) in [5, 5.41) is 11.0. The van der Waals surface area contributed by atoms with Gasteiger partial charge in [0, 0.05) is 23.3 Å². The first kappa shape index (κ1) is 12.1. The molecule has 98 valence electrons. The molecular weight excluding hydrogens is 254 g/mol. The average molecular weight is 265 g/mol. The van der Waals surface area contributed by atoms with Gasteiger partial charge in [0.1, 0.15) is 0 Å². The molecule has 0 bridgehead atoms. The number of carboxylic acids is 1. The van der Waals surface area contributed by atoms with Gasteiger partial charge in [0.25, 0.3) is 0 Å². The molecule has 0 atom stereocenters. The van der Waals surface area contributed by atoms with Gasteiger partial charge in [-0.1, -0.05) is 24.3 Å². The summed E-state index contributed by atoms with van der Waals surface area (Å²) in [6.07, 6.45) is 3.43. The van der Waals surface area contributed by atoms with Crippen molar-refractivity contribution >= 4 is 22.4 Å². The largest absolute Gasteiger partial charge is 0.476 e. The van der Waals surface area contributed by atoms with E-state index in [0.29, 0.717) is 5.69 Å². The third kappa shape index (κ3) is 1.95. The molecule has 3 aromatic rings. The molecule has 20 heavy (non-hydrogen) atoms. The van der Waals surface area contributed by atoms with Crippen LogP contribution < -0.4 is 5.73 Å². The van der Waals surface area contributed by atoms with Gasteiger partial charge in [-0.05, 0) is 17.5 Å². The van der Waals surface area contributed by atoms with Crippen LogP contribution in [-0.4, -0.2) is 21.0 Å². The van der Waals surface area contributed by atoms with E-state index < -0.39 is 5.97 Å². The van der Waals surface area contributed by atoms with Crippen molar-refractivity contribution in [2.45, 2.75) is 0 Å². The minimum Gasteiger partial charge on any atom is -0.476 e. The summed E-state index contributed by atoms with van der Waals surface area (Å²) in [4.78, 5) is 19.4. The number of hydrogen-bond acceptors (Lipinski definition) is 4. The lowest BCUT2D eigenvalue weighted by Gasteiger charge is -2.07. The second-order valence-corrected chi connectivity index (χ2v) is 4.35. The Hall–Kier alpha value is -2.95. The van der Waals surface area contributed by atoms with E-state index in [0.717, 1.165) is 16.3 Å². The molecule has 1 aromatic carbocycles. The van der Waals surface area contributed by atoms with Crippen LogP contribution in [0.5, 0.6) is 0 Å². The van der Waals surface area contributed by atoms with E-state index in [1.165, 1.54) is 0 Å². The van der Waals surface area contributed by atoms with Crippen LogP contribution in [0, 0.1) is 0 Å². The third-order valence-corrected chi connectivity index (χ3v) is 3.07. The van der Waals surface area contributed by atoms with Gasteiger partial charge in [-0.25, -0.2) is 9.78 Å². The number of nitrogens with two attached hydrogens (primary N) is 1. The SMILES string of the molecule is Nc1ccc(-c2cncc3ccccc23)nc1C(=O)O. The first-order valence-electron chi connectivity index (χ1n) is 6.00. The van der Waals surface area contributed by atoms with Crippen molar-refractivity contribution < 1.29 is 9.90 Å². The van der Waals surface area contributed by atoms with Crippen molar-refractivity contribution in [2.75, 3.05) is 5.73 Å². The highest BCUT2D eigenvalue weighted by Crippen LogP contribution is 2.27. The minimum atomic E-state index is -1.14. The first-order chi connectivity index (χ1) is 9.66. The maximum atomic E-state index is 11.1. The molecule has 2 heterocycles. The van der Waals surface area contributed by atoms with Crippen LogP contribution in [0.4, 0.5) is 5.69 Å². The van der Waals surface area contributed by atoms with Gasteiger partial charge in [-0.3, -0.25) is 4.98 Å². The van der Waals surface area contributed by atoms with Crippen molar-refractivity contribution in [1.29, 1.82) is 0 Å². The summed E-state index contributed by atoms with van der Waals surface area (Å²) >= 11 is 0. The molecule has 0 unspecified atom stereocenters. The Morgan fingerprint density at radius 3 is 2.70 bits per heavy atom. The number of aromatic carboxylic acids is 1. The molecule has 0 aliphatic rings. The summed E-state index contributed by atoms with van der Waals surface area (Å²) in [6, 6.07) is 11.0. The number of carbonyl (C=O) groups is 1. The number of benzene rings is 1. The Kier molecular flexibility index (Phi) is 2.80. The van der Waals surface area contributed by atoms with Crippen LogP contribution in [0.15, 0.2) is 48.8 Å². The van der Waals surface area contributed by atoms with Gasteiger partial charge in [-0.15, -0.1) is 0 Å². The monoisotopic (exact) mass is 265 g/mol. The van der Waals surface area contributed by atoms with Crippen molar-refractivity contribution in [2.24, 2.45) is 0 Å². The zero-order valence-corrected chi connectivity index (χ0v) is 10.4. The minimum absolute atomic E-state index is 0.143. The molecule has 0 saturated carbocycles. The third-order valence-electron chi connectivity index (χ3n) is 3.07. The van der Waals surface area contributed by atoms with Gasteiger partial charge < -0.3 is 10.8 Å². The second-order valence-electron chi connectivity index (χ2n) is 4.35. The molecule has 0 spiro atoms. The molecule has 0 aliphatic carbocycles. The van der Waals surface area contributed by atoms with E-state index in [-0.39, 0.29) is 11.4 Å². The lowest BCUT2D eigenvalue weighted by molar-refractivity contribution is 0.0692. The lowest BCUT2D eigenvalue weighted by atomic mass is 10.0. The smallest absolute Gasteiger partial charge is 0.356 e. The number of carboxylic acid groups (broad SMARTS) is 1. The first-order valence-corrected chi connectivity index (χ1v) is 6.00. The number of anilines is 1. The summed E-state index contributed by atoms with van der Waals surface area (Å²) < 4.78 is 0. The maximum absolute atomic E-state index is 11.1. The van der Waals surface area contributed by atoms with Gasteiger partial charge in [-0.2, -0.15) is 0 Å². The summed E-state index contributed by atoms with van der Waals surface area (Å²) in [5.74, 6) is -1.14. The van der Waals surface area contributed by atoms with Crippen molar-refractivity contribution in [1.82, 2.24) is 9.97 Å². The molecule has 0 radical (unpaired) electrons. The van der Waals surface area contributed by atoms with E-state index in [2.05, 4.69) is 9.97 Å². The normalized spacial score (nSPS) is 10.6. The average Bonchev–Trinajstić information content (AvgIpc) is 2.47. The molecule has 5 nitrogen and oxygen atoms in total. The van der Waals surface area contributed by atoms with Gasteiger partial charge in [0.15, 0.2) is 5.69 Å².